The molecule has 0 aromatic heterocycles. The van der Waals surface area contributed by atoms with Crippen LogP contribution in [0.5, 0.6) is 0 Å². The van der Waals surface area contributed by atoms with Crippen LogP contribution in [0.2, 0.25) is 0 Å². The molecular formula is C13H27NO. The molecule has 0 radical (unpaired) electrons. The Morgan fingerprint density at radius 2 is 2.00 bits per heavy atom. The molecule has 1 aliphatic carbocycles. The number of rotatable bonds is 8. The summed E-state index contributed by atoms with van der Waals surface area (Å²) in [6.45, 7) is 6.36. The van der Waals surface area contributed by atoms with Gasteiger partial charge in [-0.3, -0.25) is 0 Å². The fourth-order valence-corrected chi connectivity index (χ4v) is 2.16. The van der Waals surface area contributed by atoms with Gasteiger partial charge in [-0.1, -0.05) is 32.6 Å². The monoisotopic (exact) mass is 213 g/mol. The van der Waals surface area contributed by atoms with Crippen molar-refractivity contribution in [2.75, 3.05) is 13.2 Å². The molecule has 2 nitrogen and oxygen atoms in total. The standard InChI is InChI=1S/C13H27NO/c1-3-4-7-10-15-12(2)11-14-13-8-5-6-9-13/h12-14H,3-11H2,1-2H3. The molecule has 1 N–H and O–H groups in total. The lowest BCUT2D eigenvalue weighted by molar-refractivity contribution is 0.0614. The van der Waals surface area contributed by atoms with Crippen molar-refractivity contribution in [3.63, 3.8) is 0 Å². The van der Waals surface area contributed by atoms with Gasteiger partial charge in [-0.2, -0.15) is 0 Å². The van der Waals surface area contributed by atoms with Gasteiger partial charge < -0.3 is 10.1 Å². The molecule has 1 aliphatic rings. The van der Waals surface area contributed by atoms with Gasteiger partial charge in [0.15, 0.2) is 0 Å². The summed E-state index contributed by atoms with van der Waals surface area (Å²) in [5.41, 5.74) is 0. The molecule has 0 spiro atoms. The van der Waals surface area contributed by atoms with E-state index in [1.54, 1.807) is 0 Å². The van der Waals surface area contributed by atoms with Crippen LogP contribution in [-0.4, -0.2) is 25.3 Å². The van der Waals surface area contributed by atoms with E-state index in [-0.39, 0.29) is 0 Å². The zero-order valence-electron chi connectivity index (χ0n) is 10.4. The molecule has 0 bridgehead atoms. The van der Waals surface area contributed by atoms with Gasteiger partial charge in [0.25, 0.3) is 0 Å². The molecule has 15 heavy (non-hydrogen) atoms. The van der Waals surface area contributed by atoms with Crippen LogP contribution < -0.4 is 5.32 Å². The molecule has 1 atom stereocenters. The second-order valence-corrected chi connectivity index (χ2v) is 4.78. The van der Waals surface area contributed by atoms with Gasteiger partial charge in [-0.15, -0.1) is 0 Å². The highest BCUT2D eigenvalue weighted by Gasteiger charge is 2.14. The summed E-state index contributed by atoms with van der Waals surface area (Å²) in [5.74, 6) is 0. The lowest BCUT2D eigenvalue weighted by Crippen LogP contribution is -2.33. The SMILES string of the molecule is CCCCCOC(C)CNC1CCCC1. The van der Waals surface area contributed by atoms with Crippen LogP contribution in [0.3, 0.4) is 0 Å². The first-order valence-electron chi connectivity index (χ1n) is 6.68. The van der Waals surface area contributed by atoms with Crippen molar-refractivity contribution in [2.45, 2.75) is 70.9 Å². The van der Waals surface area contributed by atoms with E-state index in [1.807, 2.05) is 0 Å². The number of nitrogens with one attached hydrogen (secondary N) is 1. The fourth-order valence-electron chi connectivity index (χ4n) is 2.16. The van der Waals surface area contributed by atoms with Crippen LogP contribution in [0.1, 0.15) is 58.8 Å². The fraction of sp³-hybridized carbons (Fsp3) is 1.00. The van der Waals surface area contributed by atoms with Crippen LogP contribution in [0.25, 0.3) is 0 Å². The highest BCUT2D eigenvalue weighted by Crippen LogP contribution is 2.17. The summed E-state index contributed by atoms with van der Waals surface area (Å²) in [7, 11) is 0. The molecule has 0 aromatic rings. The predicted molar refractivity (Wildman–Crippen MR) is 65.2 cm³/mol. The Hall–Kier alpha value is -0.0800. The molecule has 2 heteroatoms. The summed E-state index contributed by atoms with van der Waals surface area (Å²) in [6, 6.07) is 0.770. The lowest BCUT2D eigenvalue weighted by Gasteiger charge is -2.17. The number of unbranched alkanes of at least 4 members (excludes halogenated alkanes) is 2. The maximum Gasteiger partial charge on any atom is 0.0671 e. The highest BCUT2D eigenvalue weighted by molar-refractivity contribution is 4.74. The van der Waals surface area contributed by atoms with E-state index in [1.165, 1.54) is 44.9 Å². The topological polar surface area (TPSA) is 21.3 Å². The van der Waals surface area contributed by atoms with Crippen molar-refractivity contribution in [2.24, 2.45) is 0 Å². The first-order valence-corrected chi connectivity index (χ1v) is 6.68. The van der Waals surface area contributed by atoms with Gasteiger partial charge in [0.2, 0.25) is 0 Å². The molecule has 0 amide bonds. The maximum atomic E-state index is 5.74. The summed E-state index contributed by atoms with van der Waals surface area (Å²) in [6.07, 6.45) is 9.70. The second-order valence-electron chi connectivity index (χ2n) is 4.78. The molecule has 1 rings (SSSR count). The Labute approximate surface area is 94.8 Å². The van der Waals surface area contributed by atoms with Crippen molar-refractivity contribution < 1.29 is 4.74 Å². The van der Waals surface area contributed by atoms with Crippen molar-refractivity contribution in [3.05, 3.63) is 0 Å². The second kappa shape index (κ2) is 8.12. The summed E-state index contributed by atoms with van der Waals surface area (Å²) < 4.78 is 5.74. The largest absolute Gasteiger partial charge is 0.377 e. The predicted octanol–water partition coefficient (Wildman–Crippen LogP) is 3.11. The molecule has 1 fully saturated rings. The molecule has 0 heterocycles. The first-order chi connectivity index (χ1) is 7.33. The Bertz CT molecular complexity index is 143. The molecule has 0 saturated heterocycles. The molecule has 0 aromatic carbocycles. The van der Waals surface area contributed by atoms with Crippen molar-refractivity contribution >= 4 is 0 Å². The van der Waals surface area contributed by atoms with Gasteiger partial charge >= 0.3 is 0 Å². The highest BCUT2D eigenvalue weighted by atomic mass is 16.5. The minimum absolute atomic E-state index is 0.377. The van der Waals surface area contributed by atoms with Crippen molar-refractivity contribution in [1.82, 2.24) is 5.32 Å². The van der Waals surface area contributed by atoms with Crippen LogP contribution in [0.4, 0.5) is 0 Å². The van der Waals surface area contributed by atoms with Crippen molar-refractivity contribution in [1.29, 1.82) is 0 Å². The van der Waals surface area contributed by atoms with E-state index in [9.17, 15) is 0 Å². The van der Waals surface area contributed by atoms with Gasteiger partial charge in [0.1, 0.15) is 0 Å². The van der Waals surface area contributed by atoms with Crippen LogP contribution >= 0.6 is 0 Å². The van der Waals surface area contributed by atoms with Gasteiger partial charge in [0, 0.05) is 19.2 Å². The maximum absolute atomic E-state index is 5.74. The third kappa shape index (κ3) is 6.16. The molecular weight excluding hydrogens is 186 g/mol. The normalized spacial score (nSPS) is 19.6. The molecule has 1 saturated carbocycles. The summed E-state index contributed by atoms with van der Waals surface area (Å²) in [5, 5.41) is 3.60. The van der Waals surface area contributed by atoms with Crippen LogP contribution in [0.15, 0.2) is 0 Å². The summed E-state index contributed by atoms with van der Waals surface area (Å²) >= 11 is 0. The van der Waals surface area contributed by atoms with Crippen molar-refractivity contribution in [3.8, 4) is 0 Å². The minimum atomic E-state index is 0.377. The van der Waals surface area contributed by atoms with Gasteiger partial charge in [-0.05, 0) is 26.2 Å². The molecule has 0 aliphatic heterocycles. The van der Waals surface area contributed by atoms with E-state index in [2.05, 4.69) is 19.2 Å². The molecule has 90 valence electrons. The minimum Gasteiger partial charge on any atom is -0.377 e. The van der Waals surface area contributed by atoms with Gasteiger partial charge in [0.05, 0.1) is 6.10 Å². The van der Waals surface area contributed by atoms with Crippen LogP contribution in [0, 0.1) is 0 Å². The number of hydrogen-bond donors (Lipinski definition) is 1. The molecule has 1 unspecified atom stereocenters. The lowest BCUT2D eigenvalue weighted by atomic mass is 10.2. The van der Waals surface area contributed by atoms with E-state index >= 15 is 0 Å². The smallest absolute Gasteiger partial charge is 0.0671 e. The third-order valence-electron chi connectivity index (χ3n) is 3.20. The Morgan fingerprint density at radius 1 is 1.27 bits per heavy atom. The quantitative estimate of drug-likeness (QED) is 0.626. The number of ether oxygens (including phenoxy) is 1. The zero-order chi connectivity index (χ0) is 10.9. The Morgan fingerprint density at radius 3 is 2.67 bits per heavy atom. The Kier molecular flexibility index (Phi) is 7.03. The van der Waals surface area contributed by atoms with E-state index in [0.29, 0.717) is 6.10 Å². The zero-order valence-corrected chi connectivity index (χ0v) is 10.4. The van der Waals surface area contributed by atoms with E-state index in [4.69, 9.17) is 4.74 Å². The van der Waals surface area contributed by atoms with Gasteiger partial charge in [-0.25, -0.2) is 0 Å². The number of hydrogen-bond acceptors (Lipinski definition) is 2. The first kappa shape index (κ1) is 13.0. The van der Waals surface area contributed by atoms with E-state index < -0.39 is 0 Å². The van der Waals surface area contributed by atoms with E-state index in [0.717, 1.165) is 19.2 Å². The third-order valence-corrected chi connectivity index (χ3v) is 3.20. The summed E-state index contributed by atoms with van der Waals surface area (Å²) in [4.78, 5) is 0. The average Bonchev–Trinajstić information content (AvgIpc) is 2.74. The van der Waals surface area contributed by atoms with Crippen LogP contribution in [-0.2, 0) is 4.74 Å². The Balaban J connectivity index is 1.90. The average molecular weight is 213 g/mol.